The molecular weight excluding hydrogens is 365 g/mol. The first kappa shape index (κ1) is 19.5. The highest BCUT2D eigenvalue weighted by molar-refractivity contribution is 6.06. The van der Waals surface area contributed by atoms with Crippen LogP contribution in [0.15, 0.2) is 48.5 Å². The Morgan fingerprint density at radius 2 is 1.79 bits per heavy atom. The fourth-order valence-corrected chi connectivity index (χ4v) is 4.00. The lowest BCUT2D eigenvalue weighted by atomic mass is 10.0. The summed E-state index contributed by atoms with van der Waals surface area (Å²) in [6.45, 7) is 7.91. The van der Waals surface area contributed by atoms with E-state index in [1.54, 1.807) is 0 Å². The maximum atomic E-state index is 13.4. The van der Waals surface area contributed by atoms with Crippen LogP contribution in [0.1, 0.15) is 33.6 Å². The largest absolute Gasteiger partial charge is 0.337 e. The zero-order valence-electron chi connectivity index (χ0n) is 17.0. The number of fused-ring (bicyclic) bond motifs is 1. The van der Waals surface area contributed by atoms with Gasteiger partial charge in [-0.15, -0.1) is 0 Å². The molecule has 1 aliphatic rings. The van der Waals surface area contributed by atoms with Crippen molar-refractivity contribution < 1.29 is 9.18 Å². The van der Waals surface area contributed by atoms with E-state index in [1.807, 2.05) is 55.1 Å². The quantitative estimate of drug-likeness (QED) is 0.666. The molecule has 1 saturated heterocycles. The van der Waals surface area contributed by atoms with Gasteiger partial charge < -0.3 is 4.90 Å². The van der Waals surface area contributed by atoms with Crippen LogP contribution in [0.4, 0.5) is 4.39 Å². The molecule has 150 valence electrons. The smallest absolute Gasteiger partial charge is 0.254 e. The molecule has 0 aliphatic carbocycles. The van der Waals surface area contributed by atoms with Crippen molar-refractivity contribution in [3.8, 4) is 0 Å². The molecule has 1 fully saturated rings. The number of aryl methyl sites for hydroxylation is 2. The van der Waals surface area contributed by atoms with Crippen molar-refractivity contribution in [1.82, 2.24) is 14.8 Å². The first-order valence-electron chi connectivity index (χ1n) is 10.1. The standard InChI is InChI=1S/C24H26FN3O/c1-17-4-9-23-21(14-17)22(15-18(2)26-23)24(29)28-11-3-10-27(12-13-28)16-19-5-7-20(25)8-6-19/h4-9,14-15H,3,10-13,16H2,1-2H3. The van der Waals surface area contributed by atoms with E-state index < -0.39 is 0 Å². The second-order valence-electron chi connectivity index (χ2n) is 7.88. The van der Waals surface area contributed by atoms with Crippen molar-refractivity contribution in [2.75, 3.05) is 26.2 Å². The minimum atomic E-state index is -0.212. The number of hydrogen-bond acceptors (Lipinski definition) is 3. The average molecular weight is 391 g/mol. The molecule has 2 heterocycles. The van der Waals surface area contributed by atoms with Crippen molar-refractivity contribution in [3.63, 3.8) is 0 Å². The topological polar surface area (TPSA) is 36.4 Å². The zero-order chi connectivity index (χ0) is 20.4. The van der Waals surface area contributed by atoms with Gasteiger partial charge in [-0.25, -0.2) is 4.39 Å². The van der Waals surface area contributed by atoms with E-state index in [9.17, 15) is 9.18 Å². The van der Waals surface area contributed by atoms with Crippen molar-refractivity contribution in [2.24, 2.45) is 0 Å². The highest BCUT2D eigenvalue weighted by Crippen LogP contribution is 2.22. The van der Waals surface area contributed by atoms with Crippen LogP contribution in [0.2, 0.25) is 0 Å². The van der Waals surface area contributed by atoms with Crippen LogP contribution in [0.3, 0.4) is 0 Å². The maximum Gasteiger partial charge on any atom is 0.254 e. The van der Waals surface area contributed by atoms with Gasteiger partial charge in [-0.3, -0.25) is 14.7 Å². The number of nitrogens with zero attached hydrogens (tertiary/aromatic N) is 3. The second kappa shape index (κ2) is 8.29. The molecule has 4 rings (SSSR count). The van der Waals surface area contributed by atoms with Crippen LogP contribution in [-0.2, 0) is 6.54 Å². The predicted octanol–water partition coefficient (Wildman–Crippen LogP) is 4.34. The van der Waals surface area contributed by atoms with Crippen LogP contribution in [0.25, 0.3) is 10.9 Å². The molecule has 4 nitrogen and oxygen atoms in total. The number of pyridine rings is 1. The molecule has 5 heteroatoms. The van der Waals surface area contributed by atoms with Crippen molar-refractivity contribution in [1.29, 1.82) is 0 Å². The van der Waals surface area contributed by atoms with Gasteiger partial charge in [-0.2, -0.15) is 0 Å². The van der Waals surface area contributed by atoms with Crippen LogP contribution in [0.5, 0.6) is 0 Å². The molecule has 0 atom stereocenters. The fourth-order valence-electron chi connectivity index (χ4n) is 4.00. The lowest BCUT2D eigenvalue weighted by molar-refractivity contribution is 0.0763. The molecule has 0 spiro atoms. The van der Waals surface area contributed by atoms with Gasteiger partial charge in [0.1, 0.15) is 5.82 Å². The molecule has 1 amide bonds. The highest BCUT2D eigenvalue weighted by Gasteiger charge is 2.22. The summed E-state index contributed by atoms with van der Waals surface area (Å²) in [6.07, 6.45) is 0.925. The monoisotopic (exact) mass is 391 g/mol. The van der Waals surface area contributed by atoms with Crippen LogP contribution in [0, 0.1) is 19.7 Å². The molecule has 0 unspecified atom stereocenters. The van der Waals surface area contributed by atoms with E-state index in [2.05, 4.69) is 9.88 Å². The Morgan fingerprint density at radius 1 is 1.00 bits per heavy atom. The average Bonchev–Trinajstić information content (AvgIpc) is 2.94. The number of rotatable bonds is 3. The number of halogens is 1. The number of amides is 1. The first-order valence-corrected chi connectivity index (χ1v) is 10.1. The third kappa shape index (κ3) is 4.46. The number of benzene rings is 2. The molecule has 0 N–H and O–H groups in total. The van der Waals surface area contributed by atoms with Gasteiger partial charge in [0.15, 0.2) is 0 Å². The van der Waals surface area contributed by atoms with Crippen LogP contribution >= 0.6 is 0 Å². The molecule has 1 aliphatic heterocycles. The van der Waals surface area contributed by atoms with E-state index in [1.165, 1.54) is 12.1 Å². The van der Waals surface area contributed by atoms with Gasteiger partial charge in [-0.1, -0.05) is 23.8 Å². The lowest BCUT2D eigenvalue weighted by Crippen LogP contribution is -2.35. The van der Waals surface area contributed by atoms with Crippen molar-refractivity contribution in [2.45, 2.75) is 26.8 Å². The highest BCUT2D eigenvalue weighted by atomic mass is 19.1. The maximum absolute atomic E-state index is 13.4. The molecule has 2 aromatic carbocycles. The summed E-state index contributed by atoms with van der Waals surface area (Å²) in [4.78, 5) is 22.2. The van der Waals surface area contributed by atoms with Gasteiger partial charge in [0.2, 0.25) is 0 Å². The normalized spacial score (nSPS) is 15.5. The summed E-state index contributed by atoms with van der Waals surface area (Å²) in [7, 11) is 0. The third-order valence-electron chi connectivity index (χ3n) is 5.52. The molecule has 3 aromatic rings. The van der Waals surface area contributed by atoms with Gasteiger partial charge in [-0.05, 0) is 56.2 Å². The summed E-state index contributed by atoms with van der Waals surface area (Å²) in [5.74, 6) is -0.133. The first-order chi connectivity index (χ1) is 14.0. The predicted molar refractivity (Wildman–Crippen MR) is 113 cm³/mol. The zero-order valence-corrected chi connectivity index (χ0v) is 17.0. The van der Waals surface area contributed by atoms with Crippen LogP contribution < -0.4 is 0 Å². The second-order valence-corrected chi connectivity index (χ2v) is 7.88. The third-order valence-corrected chi connectivity index (χ3v) is 5.52. The summed E-state index contributed by atoms with van der Waals surface area (Å²) in [5, 5.41) is 0.924. The minimum Gasteiger partial charge on any atom is -0.337 e. The van der Waals surface area contributed by atoms with E-state index in [0.717, 1.165) is 65.9 Å². The Morgan fingerprint density at radius 3 is 2.59 bits per heavy atom. The summed E-state index contributed by atoms with van der Waals surface area (Å²) in [6, 6.07) is 14.6. The van der Waals surface area contributed by atoms with Crippen LogP contribution in [-0.4, -0.2) is 46.9 Å². The van der Waals surface area contributed by atoms with Crippen molar-refractivity contribution >= 4 is 16.8 Å². The van der Waals surface area contributed by atoms with Gasteiger partial charge >= 0.3 is 0 Å². The lowest BCUT2D eigenvalue weighted by Gasteiger charge is -2.23. The van der Waals surface area contributed by atoms with Gasteiger partial charge in [0, 0.05) is 43.8 Å². The SMILES string of the molecule is Cc1ccc2nc(C)cc(C(=O)N3CCCN(Cc4ccc(F)cc4)CC3)c2c1. The number of carbonyl (C=O) groups excluding carboxylic acids is 1. The Bertz CT molecular complexity index is 1030. The van der Waals surface area contributed by atoms with Gasteiger partial charge in [0.05, 0.1) is 11.1 Å². The Labute approximate surface area is 171 Å². The molecule has 29 heavy (non-hydrogen) atoms. The summed E-state index contributed by atoms with van der Waals surface area (Å²) in [5.41, 5.74) is 4.68. The van der Waals surface area contributed by atoms with E-state index in [4.69, 9.17) is 0 Å². The number of carbonyl (C=O) groups is 1. The number of aromatic nitrogens is 1. The number of hydrogen-bond donors (Lipinski definition) is 0. The Kier molecular flexibility index (Phi) is 5.58. The molecule has 1 aromatic heterocycles. The summed E-state index contributed by atoms with van der Waals surface area (Å²) < 4.78 is 13.1. The Hall–Kier alpha value is -2.79. The fraction of sp³-hybridized carbons (Fsp3) is 0.333. The molecule has 0 radical (unpaired) electrons. The van der Waals surface area contributed by atoms with Gasteiger partial charge in [0.25, 0.3) is 5.91 Å². The van der Waals surface area contributed by atoms with E-state index in [0.29, 0.717) is 6.54 Å². The molecule has 0 bridgehead atoms. The minimum absolute atomic E-state index is 0.0785. The molecule has 0 saturated carbocycles. The molecular formula is C24H26FN3O. The Balaban J connectivity index is 1.51. The van der Waals surface area contributed by atoms with E-state index >= 15 is 0 Å². The van der Waals surface area contributed by atoms with Crippen molar-refractivity contribution in [3.05, 3.63) is 76.7 Å². The van der Waals surface area contributed by atoms with E-state index in [-0.39, 0.29) is 11.7 Å². The summed E-state index contributed by atoms with van der Waals surface area (Å²) >= 11 is 0.